The van der Waals surface area contributed by atoms with Crippen molar-refractivity contribution in [2.75, 3.05) is 6.54 Å². The molecule has 0 aromatic heterocycles. The van der Waals surface area contributed by atoms with Gasteiger partial charge in [0.2, 0.25) is 5.91 Å². The molecule has 2 aliphatic rings. The Morgan fingerprint density at radius 1 is 1.33 bits per heavy atom. The standard InChI is InChI=1S/C21H22ClN3OS/c1-14(26)25-21(27-20(24-25)16-6-4-7-18(22)13-16)17(11-12-23)10-9-15-5-2-3-8-19(15)21/h2-8,13,17H,9-12,23H2,1H3/t17-,21+/m1/s1. The molecule has 2 atom stereocenters. The number of halogens is 1. The lowest BCUT2D eigenvalue weighted by Crippen LogP contribution is -2.49. The normalized spacial score (nSPS) is 24.0. The molecule has 1 amide bonds. The van der Waals surface area contributed by atoms with Gasteiger partial charge in [-0.1, -0.05) is 59.8 Å². The lowest BCUT2D eigenvalue weighted by molar-refractivity contribution is -0.134. The number of hydrogen-bond donors (Lipinski definition) is 1. The molecule has 2 aromatic carbocycles. The molecule has 0 saturated carbocycles. The third-order valence-electron chi connectivity index (χ3n) is 5.36. The van der Waals surface area contributed by atoms with Crippen LogP contribution in [0.5, 0.6) is 0 Å². The fraction of sp³-hybridized carbons (Fsp3) is 0.333. The summed E-state index contributed by atoms with van der Waals surface area (Å²) >= 11 is 7.86. The fourth-order valence-corrected chi connectivity index (χ4v) is 6.04. The SMILES string of the molecule is CC(=O)N1N=C(c2cccc(Cl)c2)S[C@@]12c1ccccc1CC[C@@H]2CCN. The first-order valence-corrected chi connectivity index (χ1v) is 10.4. The molecule has 0 bridgehead atoms. The zero-order chi connectivity index (χ0) is 19.0. The monoisotopic (exact) mass is 399 g/mol. The van der Waals surface area contributed by atoms with E-state index in [0.29, 0.717) is 11.6 Å². The van der Waals surface area contributed by atoms with E-state index in [-0.39, 0.29) is 11.8 Å². The number of nitrogens with two attached hydrogens (primary N) is 1. The van der Waals surface area contributed by atoms with Crippen LogP contribution in [0.3, 0.4) is 0 Å². The van der Waals surface area contributed by atoms with Crippen molar-refractivity contribution in [3.05, 3.63) is 70.2 Å². The molecule has 2 N–H and O–H groups in total. The zero-order valence-electron chi connectivity index (χ0n) is 15.2. The summed E-state index contributed by atoms with van der Waals surface area (Å²) in [6.45, 7) is 2.18. The predicted molar refractivity (Wildman–Crippen MR) is 112 cm³/mol. The van der Waals surface area contributed by atoms with Crippen molar-refractivity contribution in [1.29, 1.82) is 0 Å². The Morgan fingerprint density at radius 2 is 2.15 bits per heavy atom. The molecule has 0 saturated heterocycles. The van der Waals surface area contributed by atoms with E-state index in [0.717, 1.165) is 29.9 Å². The molecule has 140 valence electrons. The van der Waals surface area contributed by atoms with Gasteiger partial charge in [-0.15, -0.1) is 0 Å². The average molecular weight is 400 g/mol. The fourth-order valence-electron chi connectivity index (χ4n) is 4.22. The van der Waals surface area contributed by atoms with Crippen molar-refractivity contribution in [3.8, 4) is 0 Å². The maximum Gasteiger partial charge on any atom is 0.241 e. The van der Waals surface area contributed by atoms with E-state index in [4.69, 9.17) is 22.4 Å². The van der Waals surface area contributed by atoms with Crippen molar-refractivity contribution in [1.82, 2.24) is 5.01 Å². The third kappa shape index (κ3) is 3.08. The topological polar surface area (TPSA) is 58.7 Å². The van der Waals surface area contributed by atoms with Crippen LogP contribution >= 0.6 is 23.4 Å². The van der Waals surface area contributed by atoms with Crippen LogP contribution < -0.4 is 5.73 Å². The van der Waals surface area contributed by atoms with Crippen LogP contribution in [0.25, 0.3) is 0 Å². The number of fused-ring (bicyclic) bond motifs is 2. The number of aryl methyl sites for hydroxylation is 1. The van der Waals surface area contributed by atoms with E-state index in [1.54, 1.807) is 23.7 Å². The molecule has 0 fully saturated rings. The summed E-state index contributed by atoms with van der Waals surface area (Å²) in [6.07, 6.45) is 2.84. The Morgan fingerprint density at radius 3 is 2.89 bits per heavy atom. The minimum absolute atomic E-state index is 0.0572. The summed E-state index contributed by atoms with van der Waals surface area (Å²) in [5.74, 6) is 0.185. The van der Waals surface area contributed by atoms with Crippen LogP contribution in [-0.2, 0) is 16.1 Å². The molecule has 1 spiro atoms. The van der Waals surface area contributed by atoms with Gasteiger partial charge in [0.15, 0.2) is 0 Å². The van der Waals surface area contributed by atoms with Crippen LogP contribution in [-0.4, -0.2) is 22.5 Å². The van der Waals surface area contributed by atoms with E-state index < -0.39 is 4.87 Å². The Kier molecular flexibility index (Phi) is 5.01. The molecular weight excluding hydrogens is 378 g/mol. The number of nitrogens with zero attached hydrogens (tertiary/aromatic N) is 2. The second kappa shape index (κ2) is 7.30. The van der Waals surface area contributed by atoms with E-state index >= 15 is 0 Å². The number of thioether (sulfide) groups is 1. The molecular formula is C21H22ClN3OS. The van der Waals surface area contributed by atoms with Gasteiger partial charge in [-0.2, -0.15) is 5.10 Å². The number of carbonyl (C=O) groups is 1. The zero-order valence-corrected chi connectivity index (χ0v) is 16.8. The second-order valence-corrected chi connectivity index (χ2v) is 8.66. The van der Waals surface area contributed by atoms with Crippen molar-refractivity contribution in [2.24, 2.45) is 16.8 Å². The number of rotatable bonds is 3. The van der Waals surface area contributed by atoms with Gasteiger partial charge in [-0.3, -0.25) is 4.79 Å². The van der Waals surface area contributed by atoms with Crippen molar-refractivity contribution in [2.45, 2.75) is 31.1 Å². The molecule has 2 aromatic rings. The molecule has 6 heteroatoms. The summed E-state index contributed by atoms with van der Waals surface area (Å²) in [5.41, 5.74) is 9.35. The highest BCUT2D eigenvalue weighted by Gasteiger charge is 2.54. The lowest BCUT2D eigenvalue weighted by atomic mass is 9.77. The van der Waals surface area contributed by atoms with Crippen molar-refractivity contribution < 1.29 is 4.79 Å². The Hall–Kier alpha value is -1.82. The van der Waals surface area contributed by atoms with Crippen LogP contribution in [0, 0.1) is 5.92 Å². The first kappa shape index (κ1) is 18.5. The summed E-state index contributed by atoms with van der Waals surface area (Å²) in [6, 6.07) is 16.0. The van der Waals surface area contributed by atoms with E-state index in [9.17, 15) is 4.79 Å². The number of hydrogen-bond acceptors (Lipinski definition) is 4. The first-order valence-electron chi connectivity index (χ1n) is 9.19. The molecule has 1 aliphatic heterocycles. The third-order valence-corrected chi connectivity index (χ3v) is 7.14. The Bertz CT molecular complexity index is 916. The molecule has 1 heterocycles. The van der Waals surface area contributed by atoms with Crippen LogP contribution in [0.1, 0.15) is 36.5 Å². The number of carbonyl (C=O) groups excluding carboxylic acids is 1. The lowest BCUT2D eigenvalue weighted by Gasteiger charge is -2.45. The van der Waals surface area contributed by atoms with Gasteiger partial charge in [-0.25, -0.2) is 5.01 Å². The highest BCUT2D eigenvalue weighted by Crippen LogP contribution is 2.57. The van der Waals surface area contributed by atoms with Gasteiger partial charge in [0.1, 0.15) is 9.91 Å². The van der Waals surface area contributed by atoms with Crippen LogP contribution in [0.2, 0.25) is 5.02 Å². The summed E-state index contributed by atoms with van der Waals surface area (Å²) < 4.78 is 0. The van der Waals surface area contributed by atoms with E-state index in [2.05, 4.69) is 18.2 Å². The number of amides is 1. The van der Waals surface area contributed by atoms with Gasteiger partial charge in [0.25, 0.3) is 0 Å². The van der Waals surface area contributed by atoms with Crippen LogP contribution in [0.15, 0.2) is 53.6 Å². The molecule has 4 rings (SSSR count). The molecule has 4 nitrogen and oxygen atoms in total. The Labute approximate surface area is 168 Å². The maximum absolute atomic E-state index is 12.7. The molecule has 1 aliphatic carbocycles. The maximum atomic E-state index is 12.7. The largest absolute Gasteiger partial charge is 0.330 e. The number of benzene rings is 2. The predicted octanol–water partition coefficient (Wildman–Crippen LogP) is 4.36. The van der Waals surface area contributed by atoms with Crippen LogP contribution in [0.4, 0.5) is 0 Å². The smallest absolute Gasteiger partial charge is 0.241 e. The highest BCUT2D eigenvalue weighted by atomic mass is 35.5. The Balaban J connectivity index is 1.87. The first-order chi connectivity index (χ1) is 13.1. The van der Waals surface area contributed by atoms with E-state index in [1.807, 2.05) is 30.3 Å². The van der Waals surface area contributed by atoms with Gasteiger partial charge >= 0.3 is 0 Å². The molecule has 0 radical (unpaired) electrons. The minimum atomic E-state index is -0.544. The van der Waals surface area contributed by atoms with Crippen molar-refractivity contribution >= 4 is 34.3 Å². The quantitative estimate of drug-likeness (QED) is 0.834. The second-order valence-electron chi connectivity index (χ2n) is 7.01. The van der Waals surface area contributed by atoms with Crippen molar-refractivity contribution in [3.63, 3.8) is 0 Å². The van der Waals surface area contributed by atoms with E-state index in [1.165, 1.54) is 11.1 Å². The number of hydrazone groups is 1. The summed E-state index contributed by atoms with van der Waals surface area (Å²) in [5, 5.41) is 7.94. The summed E-state index contributed by atoms with van der Waals surface area (Å²) in [4.78, 5) is 12.1. The van der Waals surface area contributed by atoms with Gasteiger partial charge in [0.05, 0.1) is 0 Å². The molecule has 27 heavy (non-hydrogen) atoms. The van der Waals surface area contributed by atoms with Gasteiger partial charge < -0.3 is 5.73 Å². The average Bonchev–Trinajstić information content (AvgIpc) is 3.06. The van der Waals surface area contributed by atoms with Gasteiger partial charge in [-0.05, 0) is 55.0 Å². The minimum Gasteiger partial charge on any atom is -0.330 e. The molecule has 0 unspecified atom stereocenters. The van der Waals surface area contributed by atoms with Gasteiger partial charge in [0, 0.05) is 17.5 Å². The summed E-state index contributed by atoms with van der Waals surface area (Å²) in [7, 11) is 0. The highest BCUT2D eigenvalue weighted by molar-refractivity contribution is 8.15.